The number of hydrogen-bond acceptors (Lipinski definition) is 3. The quantitative estimate of drug-likeness (QED) is 0.821. The molecule has 0 aliphatic heterocycles. The number of aromatic nitrogens is 1. The summed E-state index contributed by atoms with van der Waals surface area (Å²) in [6.45, 7) is 3.90. The predicted octanol–water partition coefficient (Wildman–Crippen LogP) is 2.40. The lowest BCUT2D eigenvalue weighted by Crippen LogP contribution is -2.35. The summed E-state index contributed by atoms with van der Waals surface area (Å²) in [5, 5.41) is 1.89. The maximum absolute atomic E-state index is 12.2. The van der Waals surface area contributed by atoms with E-state index in [9.17, 15) is 4.79 Å². The van der Waals surface area contributed by atoms with Crippen LogP contribution in [0, 0.1) is 5.92 Å². The molecule has 2 rings (SSSR count). The van der Waals surface area contributed by atoms with Gasteiger partial charge >= 0.3 is 0 Å². The topological polar surface area (TPSA) is 56.0 Å². The Balaban J connectivity index is 2.52. The number of Topliss-reactive ketones (excluding diaryl/α,β-unsaturated/α-hetero) is 1. The molecule has 17 heavy (non-hydrogen) atoms. The highest BCUT2D eigenvalue weighted by Crippen LogP contribution is 2.19. The lowest BCUT2D eigenvalue weighted by atomic mass is 9.93. The van der Waals surface area contributed by atoms with Crippen LogP contribution in [0.15, 0.2) is 36.7 Å². The van der Waals surface area contributed by atoms with E-state index in [1.165, 1.54) is 0 Å². The van der Waals surface area contributed by atoms with Gasteiger partial charge in [0.2, 0.25) is 0 Å². The molecular weight excluding hydrogens is 212 g/mol. The van der Waals surface area contributed by atoms with Crippen LogP contribution in [0.4, 0.5) is 0 Å². The van der Waals surface area contributed by atoms with Crippen molar-refractivity contribution in [3.05, 3.63) is 42.2 Å². The van der Waals surface area contributed by atoms with Crippen LogP contribution < -0.4 is 5.73 Å². The van der Waals surface area contributed by atoms with E-state index in [0.29, 0.717) is 5.56 Å². The largest absolute Gasteiger partial charge is 0.321 e. The monoisotopic (exact) mass is 228 g/mol. The molecule has 0 fully saturated rings. The molecule has 0 spiro atoms. The molecule has 1 atom stereocenters. The van der Waals surface area contributed by atoms with Crippen molar-refractivity contribution in [3.8, 4) is 0 Å². The van der Waals surface area contributed by atoms with Crippen molar-refractivity contribution in [1.82, 2.24) is 4.98 Å². The van der Waals surface area contributed by atoms with Gasteiger partial charge in [0.1, 0.15) is 0 Å². The first-order chi connectivity index (χ1) is 8.11. The number of pyridine rings is 1. The molecule has 0 radical (unpaired) electrons. The van der Waals surface area contributed by atoms with E-state index in [1.807, 2.05) is 38.1 Å². The van der Waals surface area contributed by atoms with Crippen molar-refractivity contribution in [2.75, 3.05) is 0 Å². The first-order valence-electron chi connectivity index (χ1n) is 5.74. The number of carbonyl (C=O) groups excluding carboxylic acids is 1. The number of carbonyl (C=O) groups is 1. The summed E-state index contributed by atoms with van der Waals surface area (Å²) in [5.74, 6) is 0.119. The Labute approximate surface area is 101 Å². The Bertz CT molecular complexity index is 543. The van der Waals surface area contributed by atoms with Gasteiger partial charge in [0.15, 0.2) is 5.78 Å². The average molecular weight is 228 g/mol. The van der Waals surface area contributed by atoms with Crippen LogP contribution in [-0.4, -0.2) is 16.8 Å². The van der Waals surface area contributed by atoms with E-state index in [2.05, 4.69) is 4.98 Å². The third-order valence-electron chi connectivity index (χ3n) is 2.97. The fourth-order valence-electron chi connectivity index (χ4n) is 1.81. The third kappa shape index (κ3) is 2.19. The number of ketones is 1. The minimum absolute atomic E-state index is 0.0152. The van der Waals surface area contributed by atoms with Crippen molar-refractivity contribution in [2.24, 2.45) is 11.7 Å². The molecule has 1 heterocycles. The van der Waals surface area contributed by atoms with Crippen LogP contribution in [-0.2, 0) is 0 Å². The zero-order valence-electron chi connectivity index (χ0n) is 10.1. The second-order valence-corrected chi connectivity index (χ2v) is 4.54. The van der Waals surface area contributed by atoms with Crippen LogP contribution in [0.5, 0.6) is 0 Å². The molecule has 1 aromatic heterocycles. The molecule has 0 aliphatic rings. The standard InChI is InChI=1S/C14H16N2O/c1-9(2)13(15)14(17)11-5-3-4-10-6-7-16-8-12(10)11/h3-9,13H,15H2,1-2H3. The summed E-state index contributed by atoms with van der Waals surface area (Å²) >= 11 is 0. The molecule has 2 aromatic rings. The highest BCUT2D eigenvalue weighted by atomic mass is 16.1. The van der Waals surface area contributed by atoms with Crippen LogP contribution in [0.3, 0.4) is 0 Å². The summed E-state index contributed by atoms with van der Waals surface area (Å²) < 4.78 is 0. The molecule has 0 saturated heterocycles. The fourth-order valence-corrected chi connectivity index (χ4v) is 1.81. The van der Waals surface area contributed by atoms with Crippen molar-refractivity contribution in [2.45, 2.75) is 19.9 Å². The number of rotatable bonds is 3. The number of fused-ring (bicyclic) bond motifs is 1. The lowest BCUT2D eigenvalue weighted by molar-refractivity contribution is 0.0942. The van der Waals surface area contributed by atoms with Crippen molar-refractivity contribution < 1.29 is 4.79 Å². The van der Waals surface area contributed by atoms with E-state index in [4.69, 9.17) is 5.73 Å². The Morgan fingerprint density at radius 2 is 2.06 bits per heavy atom. The van der Waals surface area contributed by atoms with E-state index in [-0.39, 0.29) is 11.7 Å². The molecule has 0 bridgehead atoms. The Hall–Kier alpha value is -1.74. The summed E-state index contributed by atoms with van der Waals surface area (Å²) in [7, 11) is 0. The number of nitrogens with zero attached hydrogens (tertiary/aromatic N) is 1. The van der Waals surface area contributed by atoms with Crippen LogP contribution >= 0.6 is 0 Å². The first kappa shape index (κ1) is 11.7. The SMILES string of the molecule is CC(C)C(N)C(=O)c1cccc2ccncc12. The van der Waals surface area contributed by atoms with Crippen molar-refractivity contribution >= 4 is 16.6 Å². The summed E-state index contributed by atoms with van der Waals surface area (Å²) in [6, 6.07) is 7.10. The molecule has 0 aliphatic carbocycles. The predicted molar refractivity (Wildman–Crippen MR) is 68.9 cm³/mol. The Kier molecular flexibility index (Phi) is 3.20. The van der Waals surface area contributed by atoms with Gasteiger partial charge in [0.05, 0.1) is 6.04 Å². The van der Waals surface area contributed by atoms with E-state index < -0.39 is 6.04 Å². The second-order valence-electron chi connectivity index (χ2n) is 4.54. The average Bonchev–Trinajstić information content (AvgIpc) is 2.36. The van der Waals surface area contributed by atoms with E-state index >= 15 is 0 Å². The summed E-state index contributed by atoms with van der Waals surface area (Å²) in [4.78, 5) is 16.3. The maximum Gasteiger partial charge on any atom is 0.180 e. The van der Waals surface area contributed by atoms with Gasteiger partial charge in [0.25, 0.3) is 0 Å². The van der Waals surface area contributed by atoms with Crippen molar-refractivity contribution in [1.29, 1.82) is 0 Å². The van der Waals surface area contributed by atoms with Gasteiger partial charge in [-0.3, -0.25) is 9.78 Å². The molecule has 3 heteroatoms. The smallest absolute Gasteiger partial charge is 0.180 e. The zero-order chi connectivity index (χ0) is 12.4. The van der Waals surface area contributed by atoms with Crippen molar-refractivity contribution in [3.63, 3.8) is 0 Å². The number of benzene rings is 1. The molecular formula is C14H16N2O. The van der Waals surface area contributed by atoms with E-state index in [0.717, 1.165) is 10.8 Å². The number of hydrogen-bond donors (Lipinski definition) is 1. The molecule has 0 amide bonds. The van der Waals surface area contributed by atoms with Gasteiger partial charge in [-0.05, 0) is 17.4 Å². The van der Waals surface area contributed by atoms with E-state index in [1.54, 1.807) is 12.4 Å². The molecule has 3 nitrogen and oxygen atoms in total. The van der Waals surface area contributed by atoms with Crippen LogP contribution in [0.25, 0.3) is 10.8 Å². The minimum atomic E-state index is -0.458. The first-order valence-corrected chi connectivity index (χ1v) is 5.74. The van der Waals surface area contributed by atoms with Gasteiger partial charge in [-0.25, -0.2) is 0 Å². The highest BCUT2D eigenvalue weighted by Gasteiger charge is 2.20. The Morgan fingerprint density at radius 1 is 1.29 bits per heavy atom. The van der Waals surface area contributed by atoms with Gasteiger partial charge in [-0.1, -0.05) is 32.0 Å². The second kappa shape index (κ2) is 4.63. The molecule has 88 valence electrons. The molecule has 0 saturated carbocycles. The fraction of sp³-hybridized carbons (Fsp3) is 0.286. The molecule has 1 unspecified atom stereocenters. The minimum Gasteiger partial charge on any atom is -0.321 e. The molecule has 2 N–H and O–H groups in total. The van der Waals surface area contributed by atoms with Crippen LogP contribution in [0.1, 0.15) is 24.2 Å². The van der Waals surface area contributed by atoms with Gasteiger partial charge in [-0.15, -0.1) is 0 Å². The van der Waals surface area contributed by atoms with Gasteiger partial charge in [-0.2, -0.15) is 0 Å². The normalized spacial score (nSPS) is 12.9. The Morgan fingerprint density at radius 3 is 2.76 bits per heavy atom. The third-order valence-corrected chi connectivity index (χ3v) is 2.97. The number of nitrogens with two attached hydrogens (primary N) is 1. The maximum atomic E-state index is 12.2. The van der Waals surface area contributed by atoms with Gasteiger partial charge in [0, 0.05) is 23.3 Å². The van der Waals surface area contributed by atoms with Gasteiger partial charge < -0.3 is 5.73 Å². The molecule has 1 aromatic carbocycles. The highest BCUT2D eigenvalue weighted by molar-refractivity contribution is 6.10. The summed E-state index contributed by atoms with van der Waals surface area (Å²) in [5.41, 5.74) is 6.58. The lowest BCUT2D eigenvalue weighted by Gasteiger charge is -2.15. The summed E-state index contributed by atoms with van der Waals surface area (Å²) in [6.07, 6.45) is 3.44. The zero-order valence-corrected chi connectivity index (χ0v) is 10.1. The van der Waals surface area contributed by atoms with Crippen LogP contribution in [0.2, 0.25) is 0 Å².